The Hall–Kier alpha value is -5.60. The Labute approximate surface area is 485 Å². The van der Waals surface area contributed by atoms with Crippen molar-refractivity contribution in [3.8, 4) is 56.6 Å². The molecular weight excluding hydrogens is 1060 g/mol. The van der Waals surface area contributed by atoms with Crippen LogP contribution in [-0.2, 0) is 47.9 Å². The van der Waals surface area contributed by atoms with Crippen LogP contribution in [0.3, 0.4) is 0 Å². The van der Waals surface area contributed by atoms with Gasteiger partial charge in [0.05, 0.1) is 46.7 Å². The second-order valence-corrected chi connectivity index (χ2v) is 26.1. The summed E-state index contributed by atoms with van der Waals surface area (Å²) in [6.45, 7) is 32.3. The maximum Gasteiger partial charge on any atom is 2.00 e. The van der Waals surface area contributed by atoms with Gasteiger partial charge in [-0.25, -0.2) is 0 Å². The first kappa shape index (κ1) is 59.1. The molecule has 0 fully saturated rings. The van der Waals surface area contributed by atoms with Gasteiger partial charge < -0.3 is 43.7 Å². The Kier molecular flexibility index (Phi) is 16.8. The molecule has 0 bridgehead atoms. The molecule has 0 aliphatic heterocycles. The quantitative estimate of drug-likeness (QED) is 0.100. The fraction of sp³-hybridized carbons (Fsp3) is 0.324. The third-order valence-electron chi connectivity index (χ3n) is 14.8. The van der Waals surface area contributed by atoms with Crippen LogP contribution in [-0.4, -0.2) is 32.6 Å². The molecule has 10 rings (SSSR count). The van der Waals surface area contributed by atoms with Crippen molar-refractivity contribution in [2.24, 2.45) is 0 Å². The minimum atomic E-state index is -0.0116. The van der Waals surface area contributed by atoms with E-state index >= 15 is 0 Å². The molecule has 0 aliphatic carbocycles. The number of aromatic nitrogens is 2. The van der Waals surface area contributed by atoms with Gasteiger partial charge in [0.2, 0.25) is 0 Å². The van der Waals surface area contributed by atoms with E-state index < -0.39 is 0 Å². The van der Waals surface area contributed by atoms with E-state index in [1.54, 1.807) is 22.7 Å². The van der Waals surface area contributed by atoms with Crippen LogP contribution >= 0.6 is 22.7 Å². The van der Waals surface area contributed by atoms with Crippen LogP contribution in [0.25, 0.3) is 77.2 Å². The van der Waals surface area contributed by atoms with Crippen molar-refractivity contribution in [3.05, 3.63) is 167 Å². The summed E-state index contributed by atoms with van der Waals surface area (Å²) in [5.74, 6) is 1.97. The van der Waals surface area contributed by atoms with Gasteiger partial charge in [-0.05, 0) is 155 Å². The molecule has 0 amide bonds. The van der Waals surface area contributed by atoms with Crippen molar-refractivity contribution in [3.63, 3.8) is 0 Å². The number of hydrogen-bond acceptors (Lipinski definition) is 6. The molecule has 6 aromatic carbocycles. The molecule has 0 saturated heterocycles. The molecule has 6 nitrogen and oxygen atoms in total. The summed E-state index contributed by atoms with van der Waals surface area (Å²) >= 11 is 3.15. The molecule has 2 N–H and O–H groups in total. The van der Waals surface area contributed by atoms with E-state index in [9.17, 15) is 10.2 Å². The van der Waals surface area contributed by atoms with E-state index in [0.29, 0.717) is 13.2 Å². The third-order valence-corrected chi connectivity index (χ3v) is 16.3. The number of benzene rings is 6. The minimum Gasteiger partial charge on any atom is -0.505 e. The van der Waals surface area contributed by atoms with Crippen molar-refractivity contribution in [1.82, 2.24) is 9.13 Å². The SMILES string of the molecule is Cc1cc(-c2cscc2OCCCCOc2cscc2-c2cc(C)cc(-n3c4ccc(C(C)(C)C)cc4c4cc(C(C)(C)C)ccc43)c2O)c(O)c(-n2c3ccc(C(C)(C)C)cc3c3cc(C(C)(C)C)ccc32)c1.[CH3-].[CH3-].[Zr+2]. The number of phenols is 2. The van der Waals surface area contributed by atoms with Gasteiger partial charge in [-0.3, -0.25) is 0 Å². The first-order chi connectivity index (χ1) is 34.9. The van der Waals surface area contributed by atoms with Crippen LogP contribution in [0.5, 0.6) is 23.0 Å². The Morgan fingerprint density at radius 3 is 0.961 bits per heavy atom. The second kappa shape index (κ2) is 21.9. The standard InChI is InChI=1S/C66H72N2O4S2.2CH3.Zr/c1-39-27-49(61(69)57(29-39)67-53-21-17-41(63(3,4)5)31-45(53)46-32-42(64(6,7)8)18-22-54(46)67)51-35-73-37-59(51)71-25-15-16-26-72-60-38-74-36-52(60)50-28-40(2)30-58(62(50)70)68-55-23-19-43(65(9,10)11)33-47(55)48-34-44(66(12,13)14)20-24-56(48)68;;;/h17-24,27-38,69-70H,15-16,25-26H2,1-14H3;2*1H3;/q;2*-1;+2. The zero-order valence-electron chi connectivity index (χ0n) is 48.3. The average Bonchev–Trinajstić information content (AvgIpc) is 4.13. The van der Waals surface area contributed by atoms with E-state index in [1.165, 1.54) is 43.8 Å². The minimum absolute atomic E-state index is 0. The monoisotopic (exact) mass is 1140 g/mol. The molecule has 4 heterocycles. The number of rotatable bonds is 11. The summed E-state index contributed by atoms with van der Waals surface area (Å²) in [6, 6.07) is 35.5. The maximum atomic E-state index is 12.3. The van der Waals surface area contributed by atoms with Crippen molar-refractivity contribution in [2.75, 3.05) is 13.2 Å². The molecule has 77 heavy (non-hydrogen) atoms. The van der Waals surface area contributed by atoms with Crippen molar-refractivity contribution in [1.29, 1.82) is 0 Å². The molecular formula is C68H78N2O4S2Zr. The Balaban J connectivity index is 0.00000287. The van der Waals surface area contributed by atoms with Crippen molar-refractivity contribution < 1.29 is 45.9 Å². The summed E-state index contributed by atoms with van der Waals surface area (Å²) in [7, 11) is 0. The first-order valence-corrected chi connectivity index (χ1v) is 28.0. The van der Waals surface area contributed by atoms with Gasteiger partial charge in [0.25, 0.3) is 0 Å². The Morgan fingerprint density at radius 1 is 0.403 bits per heavy atom. The number of hydrogen-bond donors (Lipinski definition) is 2. The van der Waals surface area contributed by atoms with Crippen molar-refractivity contribution in [2.45, 2.75) is 131 Å². The van der Waals surface area contributed by atoms with Crippen LogP contribution in [0.1, 0.15) is 129 Å². The number of unbranched alkanes of at least 4 members (excludes halogenated alkanes) is 1. The van der Waals surface area contributed by atoms with Crippen LogP contribution in [0, 0.1) is 28.7 Å². The summed E-state index contributed by atoms with van der Waals surface area (Å²) in [4.78, 5) is 0. The molecule has 0 radical (unpaired) electrons. The number of phenolic OH excluding ortho intramolecular Hbond substituents is 2. The number of fused-ring (bicyclic) bond motifs is 6. The molecule has 0 saturated carbocycles. The number of aromatic hydroxyl groups is 2. The molecule has 10 aromatic rings. The zero-order chi connectivity index (χ0) is 52.8. The number of thiophene rings is 2. The van der Waals surface area contributed by atoms with Crippen LogP contribution < -0.4 is 9.47 Å². The topological polar surface area (TPSA) is 68.8 Å². The van der Waals surface area contributed by atoms with E-state index in [-0.39, 0.29) is 74.2 Å². The summed E-state index contributed by atoms with van der Waals surface area (Å²) in [5, 5.41) is 37.6. The van der Waals surface area contributed by atoms with E-state index in [2.05, 4.69) is 214 Å². The molecule has 9 heteroatoms. The predicted octanol–water partition coefficient (Wildman–Crippen LogP) is 19.7. The number of nitrogens with zero attached hydrogens (tertiary/aromatic N) is 2. The van der Waals surface area contributed by atoms with Gasteiger partial charge >= 0.3 is 26.2 Å². The van der Waals surface area contributed by atoms with Gasteiger partial charge in [-0.15, -0.1) is 22.7 Å². The number of aryl methyl sites for hydroxylation is 2. The summed E-state index contributed by atoms with van der Waals surface area (Å²) in [5.41, 5.74) is 16.2. The molecule has 4 aromatic heterocycles. The van der Waals surface area contributed by atoms with E-state index in [0.717, 1.165) is 91.2 Å². The normalized spacial score (nSPS) is 12.3. The van der Waals surface area contributed by atoms with Gasteiger partial charge in [0, 0.05) is 65.3 Å². The zero-order valence-corrected chi connectivity index (χ0v) is 52.4. The fourth-order valence-electron chi connectivity index (χ4n) is 10.5. The molecule has 0 spiro atoms. The van der Waals surface area contributed by atoms with E-state index in [1.807, 2.05) is 10.8 Å². The Bertz CT molecular complexity index is 3390. The predicted molar refractivity (Wildman–Crippen MR) is 329 cm³/mol. The van der Waals surface area contributed by atoms with Gasteiger partial charge in [-0.2, -0.15) is 0 Å². The van der Waals surface area contributed by atoms with Gasteiger partial charge in [0.15, 0.2) is 0 Å². The number of ether oxygens (including phenoxy) is 2. The molecule has 400 valence electrons. The van der Waals surface area contributed by atoms with Crippen LogP contribution in [0.15, 0.2) is 119 Å². The summed E-state index contributed by atoms with van der Waals surface area (Å²) < 4.78 is 17.5. The second-order valence-electron chi connectivity index (χ2n) is 24.7. The molecule has 0 unspecified atom stereocenters. The van der Waals surface area contributed by atoms with Crippen LogP contribution in [0.4, 0.5) is 0 Å². The Morgan fingerprint density at radius 2 is 0.688 bits per heavy atom. The first-order valence-electron chi connectivity index (χ1n) is 26.1. The summed E-state index contributed by atoms with van der Waals surface area (Å²) in [6.07, 6.45) is 1.55. The maximum absolute atomic E-state index is 12.3. The smallest absolute Gasteiger partial charge is 0.505 e. The van der Waals surface area contributed by atoms with Gasteiger partial charge in [0.1, 0.15) is 23.0 Å². The van der Waals surface area contributed by atoms with Crippen LogP contribution in [0.2, 0.25) is 0 Å². The van der Waals surface area contributed by atoms with Crippen molar-refractivity contribution >= 4 is 66.3 Å². The fourth-order valence-corrected chi connectivity index (χ4v) is 12.0. The van der Waals surface area contributed by atoms with E-state index in [4.69, 9.17) is 9.47 Å². The molecule has 0 atom stereocenters. The third kappa shape index (κ3) is 11.2. The molecule has 0 aliphatic rings. The van der Waals surface area contributed by atoms with Gasteiger partial charge in [-0.1, -0.05) is 107 Å². The largest absolute Gasteiger partial charge is 2.00 e. The average molecular weight is 1140 g/mol.